The van der Waals surface area contributed by atoms with E-state index in [1.54, 1.807) is 12.3 Å². The minimum atomic E-state index is -0.0646. The van der Waals surface area contributed by atoms with Crippen molar-refractivity contribution < 1.29 is 14.3 Å². The second-order valence-electron chi connectivity index (χ2n) is 6.04. The standard InChI is InChI=1S/C19H23N3O3/c1-3-25-18-7-5-4-6-17(18)21-8-10-22(11-9-21)19(24)16-12-15(13-20-16)14(2)23/h4-7,12-13,20H,3,8-11H2,1-2H3. The Labute approximate surface area is 147 Å². The van der Waals surface area contributed by atoms with Crippen LogP contribution < -0.4 is 9.64 Å². The lowest BCUT2D eigenvalue weighted by atomic mass is 10.2. The van der Waals surface area contributed by atoms with E-state index in [4.69, 9.17) is 4.74 Å². The van der Waals surface area contributed by atoms with Gasteiger partial charge in [0.2, 0.25) is 0 Å². The van der Waals surface area contributed by atoms with Crippen LogP contribution in [0.3, 0.4) is 0 Å². The Morgan fingerprint density at radius 1 is 1.16 bits per heavy atom. The van der Waals surface area contributed by atoms with Crippen molar-refractivity contribution >= 4 is 17.4 Å². The second-order valence-corrected chi connectivity index (χ2v) is 6.04. The molecule has 3 rings (SSSR count). The lowest BCUT2D eigenvalue weighted by molar-refractivity contribution is 0.0741. The first-order valence-electron chi connectivity index (χ1n) is 8.55. The van der Waals surface area contributed by atoms with Gasteiger partial charge in [-0.15, -0.1) is 0 Å². The van der Waals surface area contributed by atoms with Gasteiger partial charge in [0, 0.05) is 37.9 Å². The normalized spacial score (nSPS) is 14.5. The Kier molecular flexibility index (Phi) is 5.07. The SMILES string of the molecule is CCOc1ccccc1N1CCN(C(=O)c2cc(C(C)=O)c[nH]2)CC1. The van der Waals surface area contributed by atoms with Crippen molar-refractivity contribution in [3.8, 4) is 5.75 Å². The van der Waals surface area contributed by atoms with Crippen molar-refractivity contribution in [2.75, 3.05) is 37.7 Å². The predicted octanol–water partition coefficient (Wildman–Crippen LogP) is 2.58. The lowest BCUT2D eigenvalue weighted by Crippen LogP contribution is -2.49. The molecule has 1 aliphatic heterocycles. The number of rotatable bonds is 5. The van der Waals surface area contributed by atoms with Crippen LogP contribution in [-0.4, -0.2) is 54.4 Å². The van der Waals surface area contributed by atoms with Gasteiger partial charge >= 0.3 is 0 Å². The number of para-hydroxylation sites is 2. The molecule has 1 aromatic heterocycles. The number of aromatic amines is 1. The van der Waals surface area contributed by atoms with Crippen LogP contribution in [0.1, 0.15) is 34.7 Å². The van der Waals surface area contributed by atoms with Crippen LogP contribution in [0.15, 0.2) is 36.5 Å². The number of anilines is 1. The van der Waals surface area contributed by atoms with Crippen molar-refractivity contribution in [1.82, 2.24) is 9.88 Å². The topological polar surface area (TPSA) is 65.6 Å². The summed E-state index contributed by atoms with van der Waals surface area (Å²) >= 11 is 0. The van der Waals surface area contributed by atoms with Crippen LogP contribution in [0, 0.1) is 0 Å². The summed E-state index contributed by atoms with van der Waals surface area (Å²) in [5.41, 5.74) is 2.07. The minimum absolute atomic E-state index is 0.0485. The fourth-order valence-electron chi connectivity index (χ4n) is 3.04. The number of piperazine rings is 1. The molecule has 0 radical (unpaired) electrons. The van der Waals surface area contributed by atoms with Crippen molar-refractivity contribution in [3.05, 3.63) is 47.8 Å². The predicted molar refractivity (Wildman–Crippen MR) is 96.5 cm³/mol. The number of nitrogens with zero attached hydrogens (tertiary/aromatic N) is 2. The van der Waals surface area contributed by atoms with E-state index in [-0.39, 0.29) is 11.7 Å². The minimum Gasteiger partial charge on any atom is -0.492 e. The zero-order chi connectivity index (χ0) is 17.8. The number of H-pyrrole nitrogens is 1. The fourth-order valence-corrected chi connectivity index (χ4v) is 3.04. The number of Topliss-reactive ketones (excluding diaryl/α,β-unsaturated/α-hetero) is 1. The van der Waals surface area contributed by atoms with Crippen molar-refractivity contribution in [3.63, 3.8) is 0 Å². The lowest BCUT2D eigenvalue weighted by Gasteiger charge is -2.36. The van der Waals surface area contributed by atoms with E-state index in [0.29, 0.717) is 31.0 Å². The highest BCUT2D eigenvalue weighted by Gasteiger charge is 2.24. The van der Waals surface area contributed by atoms with Crippen LogP contribution in [-0.2, 0) is 0 Å². The molecule has 2 heterocycles. The Hall–Kier alpha value is -2.76. The third kappa shape index (κ3) is 3.68. The number of amides is 1. The summed E-state index contributed by atoms with van der Waals surface area (Å²) in [7, 11) is 0. The highest BCUT2D eigenvalue weighted by atomic mass is 16.5. The maximum absolute atomic E-state index is 12.6. The third-order valence-corrected chi connectivity index (χ3v) is 4.39. The van der Waals surface area contributed by atoms with Gasteiger partial charge in [-0.1, -0.05) is 12.1 Å². The molecular weight excluding hydrogens is 318 g/mol. The number of hydrogen-bond donors (Lipinski definition) is 1. The highest BCUT2D eigenvalue weighted by molar-refractivity contribution is 5.99. The summed E-state index contributed by atoms with van der Waals surface area (Å²) in [6.07, 6.45) is 1.59. The van der Waals surface area contributed by atoms with Gasteiger partial charge in [0.25, 0.3) is 5.91 Å². The summed E-state index contributed by atoms with van der Waals surface area (Å²) in [5, 5.41) is 0. The van der Waals surface area contributed by atoms with Gasteiger partial charge in [0.05, 0.1) is 12.3 Å². The van der Waals surface area contributed by atoms with Crippen LogP contribution in [0.4, 0.5) is 5.69 Å². The van der Waals surface area contributed by atoms with Crippen LogP contribution >= 0.6 is 0 Å². The van der Waals surface area contributed by atoms with Gasteiger partial charge in [-0.05, 0) is 32.0 Å². The van der Waals surface area contributed by atoms with Crippen LogP contribution in [0.25, 0.3) is 0 Å². The zero-order valence-electron chi connectivity index (χ0n) is 14.6. The largest absolute Gasteiger partial charge is 0.492 e. The average molecular weight is 341 g/mol. The van der Waals surface area contributed by atoms with Crippen molar-refractivity contribution in [1.29, 1.82) is 0 Å². The van der Waals surface area contributed by atoms with Gasteiger partial charge in [0.1, 0.15) is 11.4 Å². The summed E-state index contributed by atoms with van der Waals surface area (Å²) < 4.78 is 5.70. The molecule has 6 heteroatoms. The second kappa shape index (κ2) is 7.42. The molecule has 0 atom stereocenters. The Bertz CT molecular complexity index is 761. The maximum atomic E-state index is 12.6. The molecule has 0 spiro atoms. The molecule has 6 nitrogen and oxygen atoms in total. The Morgan fingerprint density at radius 3 is 2.52 bits per heavy atom. The summed E-state index contributed by atoms with van der Waals surface area (Å²) in [5.74, 6) is 0.762. The first kappa shape index (κ1) is 17.1. The van der Waals surface area contributed by atoms with Crippen LogP contribution in [0.5, 0.6) is 5.75 Å². The van der Waals surface area contributed by atoms with Gasteiger partial charge in [-0.2, -0.15) is 0 Å². The highest BCUT2D eigenvalue weighted by Crippen LogP contribution is 2.29. The van der Waals surface area contributed by atoms with E-state index in [9.17, 15) is 9.59 Å². The van der Waals surface area contributed by atoms with Gasteiger partial charge in [-0.25, -0.2) is 0 Å². The molecule has 0 bridgehead atoms. The number of hydrogen-bond acceptors (Lipinski definition) is 4. The molecule has 2 aromatic rings. The summed E-state index contributed by atoms with van der Waals surface area (Å²) in [4.78, 5) is 30.9. The van der Waals surface area contributed by atoms with Gasteiger partial charge < -0.3 is 19.5 Å². The monoisotopic (exact) mass is 341 g/mol. The quantitative estimate of drug-likeness (QED) is 0.849. The molecule has 1 aromatic carbocycles. The van der Waals surface area contributed by atoms with E-state index < -0.39 is 0 Å². The number of carbonyl (C=O) groups is 2. The van der Waals surface area contributed by atoms with E-state index in [2.05, 4.69) is 9.88 Å². The molecule has 1 fully saturated rings. The fraction of sp³-hybridized carbons (Fsp3) is 0.368. The Balaban J connectivity index is 1.65. The number of aromatic nitrogens is 1. The first-order valence-corrected chi connectivity index (χ1v) is 8.55. The molecule has 0 aliphatic carbocycles. The van der Waals surface area contributed by atoms with E-state index in [1.165, 1.54) is 6.92 Å². The molecule has 1 saturated heterocycles. The zero-order valence-corrected chi connectivity index (χ0v) is 14.6. The summed E-state index contributed by atoms with van der Waals surface area (Å²) in [6, 6.07) is 9.61. The molecule has 132 valence electrons. The number of ketones is 1. The first-order chi connectivity index (χ1) is 12.1. The molecule has 25 heavy (non-hydrogen) atoms. The smallest absolute Gasteiger partial charge is 0.270 e. The number of carbonyl (C=O) groups excluding carboxylic acids is 2. The molecule has 1 aliphatic rings. The van der Waals surface area contributed by atoms with E-state index in [1.807, 2.05) is 36.1 Å². The van der Waals surface area contributed by atoms with Crippen LogP contribution in [0.2, 0.25) is 0 Å². The van der Waals surface area contributed by atoms with Crippen molar-refractivity contribution in [2.24, 2.45) is 0 Å². The maximum Gasteiger partial charge on any atom is 0.270 e. The van der Waals surface area contributed by atoms with E-state index >= 15 is 0 Å². The molecule has 0 saturated carbocycles. The number of nitrogens with one attached hydrogen (secondary N) is 1. The summed E-state index contributed by atoms with van der Waals surface area (Å²) in [6.45, 7) is 6.85. The van der Waals surface area contributed by atoms with Crippen molar-refractivity contribution in [2.45, 2.75) is 13.8 Å². The Morgan fingerprint density at radius 2 is 1.88 bits per heavy atom. The number of ether oxygens (including phenoxy) is 1. The van der Waals surface area contributed by atoms with E-state index in [0.717, 1.165) is 24.5 Å². The molecule has 0 unspecified atom stereocenters. The molecule has 1 amide bonds. The average Bonchev–Trinajstić information content (AvgIpc) is 3.12. The van der Waals surface area contributed by atoms with Gasteiger partial charge in [-0.3, -0.25) is 9.59 Å². The number of benzene rings is 1. The van der Waals surface area contributed by atoms with Gasteiger partial charge in [0.15, 0.2) is 5.78 Å². The molecular formula is C19H23N3O3. The molecule has 1 N–H and O–H groups in total. The third-order valence-electron chi connectivity index (χ3n) is 4.39.